The average molecular weight is 424 g/mol. The van der Waals surface area contributed by atoms with Crippen LogP contribution in [0.2, 0.25) is 0 Å². The summed E-state index contributed by atoms with van der Waals surface area (Å²) in [5, 5.41) is 7.51. The van der Waals surface area contributed by atoms with E-state index in [-0.39, 0.29) is 29.9 Å². The smallest absolute Gasteiger partial charge is 0.346 e. The number of carbonyl (C=O) groups excluding carboxylic acids is 1. The fraction of sp³-hybridized carbons (Fsp3) is 0.348. The first-order valence-electron chi connectivity index (χ1n) is 10.5. The van der Waals surface area contributed by atoms with Gasteiger partial charge in [0.1, 0.15) is 17.4 Å². The zero-order valence-corrected chi connectivity index (χ0v) is 17.2. The second kappa shape index (κ2) is 9.59. The highest BCUT2D eigenvalue weighted by Crippen LogP contribution is 2.13. The van der Waals surface area contributed by atoms with Crippen LogP contribution < -0.4 is 15.7 Å². The Hall–Kier alpha value is -3.42. The second-order valence-electron chi connectivity index (χ2n) is 7.64. The molecule has 1 N–H and O–H groups in total. The fourth-order valence-electron chi connectivity index (χ4n) is 3.72. The molecular weight excluding hydrogens is 399 g/mol. The van der Waals surface area contributed by atoms with E-state index in [0.29, 0.717) is 32.5 Å². The Morgan fingerprint density at radius 3 is 2.68 bits per heavy atom. The lowest BCUT2D eigenvalue weighted by Gasteiger charge is -2.16. The highest BCUT2D eigenvalue weighted by atomic mass is 19.1. The van der Waals surface area contributed by atoms with E-state index >= 15 is 0 Å². The zero-order valence-electron chi connectivity index (χ0n) is 17.2. The molecule has 7 nitrogen and oxygen atoms in total. The van der Waals surface area contributed by atoms with Gasteiger partial charge in [-0.1, -0.05) is 30.3 Å². The van der Waals surface area contributed by atoms with Crippen molar-refractivity contribution >= 4 is 5.91 Å². The molecule has 1 amide bonds. The van der Waals surface area contributed by atoms with Crippen molar-refractivity contribution in [2.75, 3.05) is 6.61 Å². The van der Waals surface area contributed by atoms with Gasteiger partial charge < -0.3 is 10.1 Å². The first-order valence-corrected chi connectivity index (χ1v) is 10.5. The molecule has 0 saturated carbocycles. The van der Waals surface area contributed by atoms with Crippen molar-refractivity contribution in [1.29, 1.82) is 0 Å². The average Bonchev–Trinajstić information content (AvgIpc) is 2.93. The van der Waals surface area contributed by atoms with Crippen molar-refractivity contribution in [1.82, 2.24) is 19.7 Å². The largest absolute Gasteiger partial charge is 0.493 e. The summed E-state index contributed by atoms with van der Waals surface area (Å²) in [6, 6.07) is 15.4. The van der Waals surface area contributed by atoms with Crippen molar-refractivity contribution in [3.63, 3.8) is 0 Å². The van der Waals surface area contributed by atoms with Crippen LogP contribution in [0.25, 0.3) is 0 Å². The van der Waals surface area contributed by atoms with E-state index in [0.717, 1.165) is 23.6 Å². The van der Waals surface area contributed by atoms with Crippen LogP contribution in [0.15, 0.2) is 59.4 Å². The van der Waals surface area contributed by atoms with Gasteiger partial charge in [0.25, 0.3) is 0 Å². The van der Waals surface area contributed by atoms with Crippen molar-refractivity contribution in [3.05, 3.63) is 82.3 Å². The lowest BCUT2D eigenvalue weighted by molar-refractivity contribution is -0.122. The first kappa shape index (κ1) is 20.8. The van der Waals surface area contributed by atoms with E-state index in [1.807, 2.05) is 30.3 Å². The van der Waals surface area contributed by atoms with E-state index < -0.39 is 0 Å². The van der Waals surface area contributed by atoms with Crippen molar-refractivity contribution in [2.24, 2.45) is 0 Å². The van der Waals surface area contributed by atoms with Crippen LogP contribution >= 0.6 is 0 Å². The number of aromatic nitrogens is 3. The van der Waals surface area contributed by atoms with Gasteiger partial charge >= 0.3 is 5.69 Å². The van der Waals surface area contributed by atoms with Crippen molar-refractivity contribution in [3.8, 4) is 5.75 Å². The predicted octanol–water partition coefficient (Wildman–Crippen LogP) is 2.52. The first-order chi connectivity index (χ1) is 15.1. The number of amides is 1. The molecule has 0 saturated heterocycles. The van der Waals surface area contributed by atoms with Gasteiger partial charge in [-0.15, -0.1) is 0 Å². The molecule has 0 bridgehead atoms. The van der Waals surface area contributed by atoms with E-state index in [2.05, 4.69) is 10.4 Å². The number of para-hydroxylation sites is 1. The highest BCUT2D eigenvalue weighted by Gasteiger charge is 2.22. The molecular formula is C23H25FN4O3. The van der Waals surface area contributed by atoms with E-state index in [4.69, 9.17) is 4.74 Å². The molecule has 0 aliphatic carbocycles. The minimum Gasteiger partial charge on any atom is -0.493 e. The maximum Gasteiger partial charge on any atom is 0.346 e. The Labute approximate surface area is 179 Å². The SMILES string of the molecule is O=C(CCOc1ccccc1)NC1CCc2nn(Cc3ccc(F)cc3)c(=O)n2CC1. The Morgan fingerprint density at radius 1 is 1.13 bits per heavy atom. The van der Waals surface area contributed by atoms with Gasteiger partial charge in [-0.25, -0.2) is 13.9 Å². The van der Waals surface area contributed by atoms with Gasteiger partial charge in [-0.2, -0.15) is 5.10 Å². The number of benzene rings is 2. The molecule has 0 spiro atoms. The molecule has 2 aromatic carbocycles. The van der Waals surface area contributed by atoms with Crippen LogP contribution in [0.1, 0.15) is 30.7 Å². The van der Waals surface area contributed by atoms with Crippen LogP contribution in [0.4, 0.5) is 4.39 Å². The number of rotatable bonds is 7. The molecule has 1 unspecified atom stereocenters. The van der Waals surface area contributed by atoms with E-state index in [1.54, 1.807) is 16.7 Å². The summed E-state index contributed by atoms with van der Waals surface area (Å²) in [7, 11) is 0. The number of fused-ring (bicyclic) bond motifs is 1. The van der Waals surface area contributed by atoms with Crippen molar-refractivity contribution in [2.45, 2.75) is 44.8 Å². The molecule has 162 valence electrons. The Kier molecular flexibility index (Phi) is 6.45. The van der Waals surface area contributed by atoms with Gasteiger partial charge in [-0.3, -0.25) is 9.36 Å². The van der Waals surface area contributed by atoms with E-state index in [1.165, 1.54) is 16.8 Å². The number of hydrogen-bond acceptors (Lipinski definition) is 4. The standard InChI is InChI=1S/C23H25FN4O3/c24-18-8-6-17(7-9-18)16-28-23(30)27-14-12-19(10-11-21(27)26-28)25-22(29)13-15-31-20-4-2-1-3-5-20/h1-9,19H,10-16H2,(H,25,29). The summed E-state index contributed by atoms with van der Waals surface area (Å²) in [5.41, 5.74) is 0.641. The summed E-state index contributed by atoms with van der Waals surface area (Å²) in [4.78, 5) is 25.0. The van der Waals surface area contributed by atoms with Gasteiger partial charge in [0.05, 0.1) is 19.6 Å². The predicted molar refractivity (Wildman–Crippen MR) is 113 cm³/mol. The van der Waals surface area contributed by atoms with Crippen LogP contribution in [0, 0.1) is 5.82 Å². The monoisotopic (exact) mass is 424 g/mol. The maximum absolute atomic E-state index is 13.1. The van der Waals surface area contributed by atoms with Gasteiger partial charge in [0, 0.05) is 19.0 Å². The number of hydrogen-bond donors (Lipinski definition) is 1. The zero-order chi connectivity index (χ0) is 21.6. The number of carbonyl (C=O) groups is 1. The molecule has 1 aromatic heterocycles. The molecule has 1 aliphatic rings. The molecule has 1 atom stereocenters. The number of aryl methyl sites for hydroxylation is 1. The lowest BCUT2D eigenvalue weighted by atomic mass is 10.1. The molecule has 3 aromatic rings. The van der Waals surface area contributed by atoms with Crippen LogP contribution in [-0.4, -0.2) is 32.9 Å². The molecule has 31 heavy (non-hydrogen) atoms. The quantitative estimate of drug-likeness (QED) is 0.632. The summed E-state index contributed by atoms with van der Waals surface area (Å²) >= 11 is 0. The van der Waals surface area contributed by atoms with Gasteiger partial charge in [0.15, 0.2) is 0 Å². The molecule has 1 aliphatic heterocycles. The second-order valence-corrected chi connectivity index (χ2v) is 7.64. The Bertz CT molecular complexity index is 1080. The molecule has 4 rings (SSSR count). The minimum absolute atomic E-state index is 0.00382. The van der Waals surface area contributed by atoms with Crippen LogP contribution in [-0.2, 0) is 24.3 Å². The third-order valence-corrected chi connectivity index (χ3v) is 5.37. The minimum atomic E-state index is -0.309. The fourth-order valence-corrected chi connectivity index (χ4v) is 3.72. The number of ether oxygens (including phenoxy) is 1. The van der Waals surface area contributed by atoms with Gasteiger partial charge in [0.2, 0.25) is 5.91 Å². The normalized spacial score (nSPS) is 15.7. The Balaban J connectivity index is 1.28. The van der Waals surface area contributed by atoms with Crippen LogP contribution in [0.3, 0.4) is 0 Å². The van der Waals surface area contributed by atoms with Crippen molar-refractivity contribution < 1.29 is 13.9 Å². The summed E-state index contributed by atoms with van der Waals surface area (Å²) in [5.74, 6) is 1.09. The molecule has 0 fully saturated rings. The lowest BCUT2D eigenvalue weighted by Crippen LogP contribution is -2.36. The third kappa shape index (κ3) is 5.39. The number of nitrogens with one attached hydrogen (secondary N) is 1. The maximum atomic E-state index is 13.1. The molecule has 8 heteroatoms. The highest BCUT2D eigenvalue weighted by molar-refractivity contribution is 5.76. The number of nitrogens with zero attached hydrogens (tertiary/aromatic N) is 3. The molecule has 0 radical (unpaired) electrons. The topological polar surface area (TPSA) is 78.2 Å². The molecule has 2 heterocycles. The van der Waals surface area contributed by atoms with Crippen LogP contribution in [0.5, 0.6) is 5.75 Å². The third-order valence-electron chi connectivity index (χ3n) is 5.37. The number of halogens is 1. The summed E-state index contributed by atoms with van der Waals surface area (Å²) in [6.07, 6.45) is 2.27. The Morgan fingerprint density at radius 2 is 1.90 bits per heavy atom. The van der Waals surface area contributed by atoms with Gasteiger partial charge in [-0.05, 0) is 42.7 Å². The summed E-state index contributed by atoms with van der Waals surface area (Å²) < 4.78 is 21.8. The summed E-state index contributed by atoms with van der Waals surface area (Å²) in [6.45, 7) is 1.13. The van der Waals surface area contributed by atoms with E-state index in [9.17, 15) is 14.0 Å².